The smallest absolute Gasteiger partial charge is 0.306 e. The van der Waals surface area contributed by atoms with Crippen LogP contribution in [-0.4, -0.2) is 54.0 Å². The van der Waals surface area contributed by atoms with Crippen molar-refractivity contribution < 1.29 is 23.1 Å². The summed E-state index contributed by atoms with van der Waals surface area (Å²) < 4.78 is 30.8. The molecule has 2 unspecified atom stereocenters. The fraction of sp³-hybridized carbons (Fsp3) is 0.435. The van der Waals surface area contributed by atoms with Crippen LogP contribution in [0.2, 0.25) is 5.02 Å². The molecule has 0 radical (unpaired) electrons. The molecule has 2 N–H and O–H groups in total. The van der Waals surface area contributed by atoms with Crippen LogP contribution in [0.15, 0.2) is 41.4 Å². The lowest BCUT2D eigenvalue weighted by atomic mass is 9.96. The highest BCUT2D eigenvalue weighted by Gasteiger charge is 2.35. The highest BCUT2D eigenvalue weighted by atomic mass is 35.5. The van der Waals surface area contributed by atoms with Gasteiger partial charge >= 0.3 is 5.97 Å². The van der Waals surface area contributed by atoms with Crippen LogP contribution in [0.1, 0.15) is 43.5 Å². The number of halogens is 1. The van der Waals surface area contributed by atoms with Gasteiger partial charge in [-0.25, -0.2) is 8.42 Å². The molecule has 1 fully saturated rings. The SMILES string of the molecule is Cc1cccc(Cl)c1S(=O)(=O)NC(CC(C)n1cccc1C#N)C(=O)N1CCC(C(=O)O)CC1. The summed E-state index contributed by atoms with van der Waals surface area (Å²) in [5, 5.41) is 18.6. The van der Waals surface area contributed by atoms with Crippen molar-refractivity contribution in [2.24, 2.45) is 5.92 Å². The molecule has 1 aromatic heterocycles. The number of piperidine rings is 1. The molecule has 11 heteroatoms. The summed E-state index contributed by atoms with van der Waals surface area (Å²) in [6, 6.07) is 8.66. The van der Waals surface area contributed by atoms with Gasteiger partial charge in [-0.2, -0.15) is 9.98 Å². The maximum atomic E-state index is 13.5. The summed E-state index contributed by atoms with van der Waals surface area (Å²) in [5.74, 6) is -1.86. The van der Waals surface area contributed by atoms with Crippen molar-refractivity contribution >= 4 is 33.5 Å². The van der Waals surface area contributed by atoms with E-state index >= 15 is 0 Å². The summed E-state index contributed by atoms with van der Waals surface area (Å²) in [6.45, 7) is 3.86. The van der Waals surface area contributed by atoms with Gasteiger partial charge in [-0.15, -0.1) is 0 Å². The number of hydrogen-bond acceptors (Lipinski definition) is 5. The van der Waals surface area contributed by atoms with Crippen molar-refractivity contribution in [3.8, 4) is 6.07 Å². The van der Waals surface area contributed by atoms with Crippen LogP contribution in [-0.2, 0) is 19.6 Å². The summed E-state index contributed by atoms with van der Waals surface area (Å²) in [6.07, 6.45) is 2.39. The van der Waals surface area contributed by atoms with Gasteiger partial charge in [0.05, 0.1) is 10.9 Å². The molecule has 1 aromatic carbocycles. The minimum Gasteiger partial charge on any atom is -0.481 e. The summed E-state index contributed by atoms with van der Waals surface area (Å²) in [5.41, 5.74) is 0.837. The molecule has 1 amide bonds. The number of sulfonamides is 1. The molecule has 1 saturated heterocycles. The number of likely N-dealkylation sites (tertiary alicyclic amines) is 1. The highest BCUT2D eigenvalue weighted by Crippen LogP contribution is 2.27. The number of aromatic nitrogens is 1. The van der Waals surface area contributed by atoms with Gasteiger partial charge in [0, 0.05) is 25.3 Å². The first-order chi connectivity index (χ1) is 16.0. The number of carbonyl (C=O) groups is 2. The van der Waals surface area contributed by atoms with E-state index in [0.717, 1.165) is 0 Å². The summed E-state index contributed by atoms with van der Waals surface area (Å²) >= 11 is 6.19. The fourth-order valence-electron chi connectivity index (χ4n) is 4.30. The third kappa shape index (κ3) is 5.60. The van der Waals surface area contributed by atoms with E-state index in [2.05, 4.69) is 10.8 Å². The van der Waals surface area contributed by atoms with E-state index in [0.29, 0.717) is 24.1 Å². The maximum Gasteiger partial charge on any atom is 0.306 e. The van der Waals surface area contributed by atoms with E-state index in [4.69, 9.17) is 11.6 Å². The molecule has 2 atom stereocenters. The number of amides is 1. The Labute approximate surface area is 204 Å². The zero-order valence-electron chi connectivity index (χ0n) is 18.9. The minimum absolute atomic E-state index is 0.0474. The average Bonchev–Trinajstić information content (AvgIpc) is 3.27. The van der Waals surface area contributed by atoms with E-state index < -0.39 is 33.9 Å². The van der Waals surface area contributed by atoms with E-state index in [-0.39, 0.29) is 35.5 Å². The molecule has 2 aromatic rings. The van der Waals surface area contributed by atoms with Crippen LogP contribution in [0.3, 0.4) is 0 Å². The van der Waals surface area contributed by atoms with Crippen LogP contribution in [0, 0.1) is 24.2 Å². The lowest BCUT2D eigenvalue weighted by molar-refractivity contribution is -0.146. The zero-order valence-corrected chi connectivity index (χ0v) is 20.5. The third-order valence-electron chi connectivity index (χ3n) is 6.13. The molecular formula is C23H27ClN4O5S. The standard InChI is InChI=1S/C23H27ClN4O5S/c1-15-5-3-7-19(24)21(15)34(32,33)26-20(13-16(2)28-10-4-6-18(28)14-25)22(29)27-11-8-17(9-12-27)23(30)31/h3-7,10,16-17,20,26H,8-9,11-13H2,1-2H3,(H,30,31). The molecule has 182 valence electrons. The molecule has 0 saturated carbocycles. The summed E-state index contributed by atoms with van der Waals surface area (Å²) in [7, 11) is -4.16. The Bertz CT molecular complexity index is 1190. The van der Waals surface area contributed by atoms with Gasteiger partial charge in [0.2, 0.25) is 15.9 Å². The number of hydrogen-bond donors (Lipinski definition) is 2. The van der Waals surface area contributed by atoms with E-state index in [1.807, 2.05) is 0 Å². The zero-order chi connectivity index (χ0) is 25.0. The Balaban J connectivity index is 1.89. The third-order valence-corrected chi connectivity index (χ3v) is 8.23. The first-order valence-corrected chi connectivity index (χ1v) is 12.8. The topological polar surface area (TPSA) is 132 Å². The van der Waals surface area contributed by atoms with Gasteiger partial charge in [-0.1, -0.05) is 23.7 Å². The lowest BCUT2D eigenvalue weighted by Gasteiger charge is -2.34. The number of rotatable bonds is 8. The molecule has 1 aliphatic heterocycles. The van der Waals surface area contributed by atoms with Crippen LogP contribution in [0.4, 0.5) is 0 Å². The number of aliphatic carboxylic acids is 1. The number of carboxylic acid groups (broad SMARTS) is 1. The first kappa shape index (κ1) is 25.7. The van der Waals surface area contributed by atoms with Gasteiger partial charge < -0.3 is 14.6 Å². The Kier molecular flexibility index (Phi) is 8.02. The molecule has 0 aliphatic carbocycles. The quantitative estimate of drug-likeness (QED) is 0.565. The van der Waals surface area contributed by atoms with E-state index in [1.54, 1.807) is 48.9 Å². The molecule has 0 spiro atoms. The second-order valence-corrected chi connectivity index (χ2v) is 10.6. The Morgan fingerprint density at radius 2 is 1.94 bits per heavy atom. The molecular weight excluding hydrogens is 480 g/mol. The van der Waals surface area contributed by atoms with Crippen LogP contribution in [0.5, 0.6) is 0 Å². The van der Waals surface area contributed by atoms with E-state index in [9.17, 15) is 28.4 Å². The molecule has 2 heterocycles. The number of aryl methyl sites for hydroxylation is 1. The minimum atomic E-state index is -4.16. The predicted octanol–water partition coefficient (Wildman–Crippen LogP) is 2.94. The number of carboxylic acids is 1. The number of nitrogens with zero attached hydrogens (tertiary/aromatic N) is 3. The van der Waals surface area contributed by atoms with E-state index in [1.165, 1.54) is 11.0 Å². The number of benzene rings is 1. The van der Waals surface area contributed by atoms with Gasteiger partial charge in [0.1, 0.15) is 22.7 Å². The Hall–Kier alpha value is -2.87. The van der Waals surface area contributed by atoms with Crippen molar-refractivity contribution in [2.45, 2.75) is 50.1 Å². The van der Waals surface area contributed by atoms with Crippen LogP contribution >= 0.6 is 11.6 Å². The predicted molar refractivity (Wildman–Crippen MR) is 126 cm³/mol. The molecule has 1 aliphatic rings. The molecule has 34 heavy (non-hydrogen) atoms. The number of carbonyl (C=O) groups excluding carboxylic acids is 1. The van der Waals surface area contributed by atoms with Gasteiger partial charge in [-0.3, -0.25) is 9.59 Å². The maximum absolute atomic E-state index is 13.5. The van der Waals surface area contributed by atoms with Crippen molar-refractivity contribution in [3.05, 3.63) is 52.8 Å². The largest absolute Gasteiger partial charge is 0.481 e. The normalized spacial score (nSPS) is 16.6. The van der Waals surface area contributed by atoms with Crippen molar-refractivity contribution in [3.63, 3.8) is 0 Å². The fourth-order valence-corrected chi connectivity index (χ4v) is 6.33. The van der Waals surface area contributed by atoms with Crippen molar-refractivity contribution in [1.29, 1.82) is 5.26 Å². The van der Waals surface area contributed by atoms with Gasteiger partial charge in [0.15, 0.2) is 0 Å². The second-order valence-electron chi connectivity index (χ2n) is 8.49. The Morgan fingerprint density at radius 1 is 1.26 bits per heavy atom. The first-order valence-electron chi connectivity index (χ1n) is 10.9. The van der Waals surface area contributed by atoms with Gasteiger partial charge in [0.25, 0.3) is 0 Å². The lowest BCUT2D eigenvalue weighted by Crippen LogP contribution is -2.51. The second kappa shape index (κ2) is 10.6. The molecule has 3 rings (SSSR count). The number of nitriles is 1. The number of nitrogens with one attached hydrogen (secondary N) is 1. The Morgan fingerprint density at radius 3 is 2.53 bits per heavy atom. The monoisotopic (exact) mass is 506 g/mol. The van der Waals surface area contributed by atoms with Crippen molar-refractivity contribution in [2.75, 3.05) is 13.1 Å². The van der Waals surface area contributed by atoms with Crippen LogP contribution < -0.4 is 4.72 Å². The summed E-state index contributed by atoms with van der Waals surface area (Å²) in [4.78, 5) is 26.1. The van der Waals surface area contributed by atoms with Crippen LogP contribution in [0.25, 0.3) is 0 Å². The average molecular weight is 507 g/mol. The molecule has 0 bridgehead atoms. The molecule has 9 nitrogen and oxygen atoms in total. The van der Waals surface area contributed by atoms with Crippen molar-refractivity contribution in [1.82, 2.24) is 14.2 Å². The van der Waals surface area contributed by atoms with Gasteiger partial charge in [-0.05, 0) is 56.9 Å². The highest BCUT2D eigenvalue weighted by molar-refractivity contribution is 7.89.